The van der Waals surface area contributed by atoms with E-state index in [1.165, 1.54) is 0 Å². The maximum atomic E-state index is 9.20. The van der Waals surface area contributed by atoms with Crippen LogP contribution in [0.5, 0.6) is 0 Å². The van der Waals surface area contributed by atoms with E-state index in [1.54, 1.807) is 0 Å². The van der Waals surface area contributed by atoms with E-state index in [9.17, 15) is 5.11 Å². The Hall–Kier alpha value is -0.860. The van der Waals surface area contributed by atoms with Crippen LogP contribution in [0.4, 0.5) is 0 Å². The zero-order chi connectivity index (χ0) is 7.40. The van der Waals surface area contributed by atoms with Gasteiger partial charge in [0.15, 0.2) is 0 Å². The summed E-state index contributed by atoms with van der Waals surface area (Å²) in [5, 5.41) is 9.20. The minimum Gasteiger partial charge on any atom is -0.387 e. The van der Waals surface area contributed by atoms with Crippen LogP contribution in [0.1, 0.15) is 11.7 Å². The zero-order valence-electron chi connectivity index (χ0n) is 5.70. The van der Waals surface area contributed by atoms with Gasteiger partial charge in [0.05, 0.1) is 6.10 Å². The third kappa shape index (κ3) is 1.56. The van der Waals surface area contributed by atoms with Crippen molar-refractivity contribution in [1.29, 1.82) is 0 Å². The van der Waals surface area contributed by atoms with Crippen molar-refractivity contribution < 1.29 is 5.11 Å². The SMILES string of the molecule is NC[14C@H](O)c1ccccc1. The van der Waals surface area contributed by atoms with Crippen LogP contribution in [-0.4, -0.2) is 11.7 Å². The standard InChI is InChI=1S/C8H11NO/c9-6-8(10)7-4-2-1-3-5-7/h1-5,8,10H,6,9H2/t8-/m0/s1/i8+2. The molecule has 0 unspecified atom stereocenters. The minimum absolute atomic E-state index is 0.282. The van der Waals surface area contributed by atoms with Gasteiger partial charge in [-0.05, 0) is 5.56 Å². The molecule has 0 aromatic heterocycles. The highest BCUT2D eigenvalue weighted by Gasteiger charge is 2.01. The van der Waals surface area contributed by atoms with Gasteiger partial charge in [0.1, 0.15) is 0 Å². The normalized spacial score (nSPS) is 13.0. The van der Waals surface area contributed by atoms with E-state index in [2.05, 4.69) is 0 Å². The fourth-order valence-corrected chi connectivity index (χ4v) is 0.811. The summed E-state index contributed by atoms with van der Waals surface area (Å²) in [6, 6.07) is 9.39. The van der Waals surface area contributed by atoms with Crippen molar-refractivity contribution in [1.82, 2.24) is 0 Å². The maximum Gasteiger partial charge on any atom is 0.0912 e. The summed E-state index contributed by atoms with van der Waals surface area (Å²) in [7, 11) is 0. The summed E-state index contributed by atoms with van der Waals surface area (Å²) in [6.07, 6.45) is -0.513. The van der Waals surface area contributed by atoms with Gasteiger partial charge in [-0.3, -0.25) is 0 Å². The van der Waals surface area contributed by atoms with E-state index in [-0.39, 0.29) is 6.54 Å². The highest BCUT2D eigenvalue weighted by atomic mass is 16.5. The summed E-state index contributed by atoms with van der Waals surface area (Å²) >= 11 is 0. The number of aliphatic hydroxyl groups is 1. The van der Waals surface area contributed by atoms with E-state index in [0.717, 1.165) is 5.56 Å². The van der Waals surface area contributed by atoms with Crippen molar-refractivity contribution in [3.05, 3.63) is 35.9 Å². The Bertz CT molecular complexity index is 186. The molecule has 54 valence electrons. The van der Waals surface area contributed by atoms with Crippen molar-refractivity contribution in [2.24, 2.45) is 5.73 Å². The van der Waals surface area contributed by atoms with E-state index in [0.29, 0.717) is 0 Å². The second-order valence-corrected chi connectivity index (χ2v) is 2.16. The van der Waals surface area contributed by atoms with Gasteiger partial charge >= 0.3 is 0 Å². The molecule has 0 fully saturated rings. The van der Waals surface area contributed by atoms with E-state index < -0.39 is 6.10 Å². The van der Waals surface area contributed by atoms with Gasteiger partial charge in [0.2, 0.25) is 0 Å². The molecule has 0 heterocycles. The number of aliphatic hydroxyl groups excluding tert-OH is 1. The van der Waals surface area contributed by atoms with Gasteiger partial charge < -0.3 is 10.8 Å². The number of benzene rings is 1. The summed E-state index contributed by atoms with van der Waals surface area (Å²) in [5.41, 5.74) is 6.13. The van der Waals surface area contributed by atoms with Crippen molar-refractivity contribution >= 4 is 0 Å². The van der Waals surface area contributed by atoms with Gasteiger partial charge in [-0.2, -0.15) is 0 Å². The Labute approximate surface area is 60.3 Å². The average molecular weight is 139 g/mol. The van der Waals surface area contributed by atoms with Gasteiger partial charge in [0, 0.05) is 6.54 Å². The molecule has 3 N–H and O–H groups in total. The monoisotopic (exact) mass is 139 g/mol. The molecule has 2 nitrogen and oxygen atoms in total. The van der Waals surface area contributed by atoms with Crippen LogP contribution in [0.15, 0.2) is 30.3 Å². The molecular formula is C8H11NO. The lowest BCUT2D eigenvalue weighted by Crippen LogP contribution is -2.10. The van der Waals surface area contributed by atoms with Crippen LogP contribution in [-0.2, 0) is 0 Å². The topological polar surface area (TPSA) is 46.2 Å². The van der Waals surface area contributed by atoms with E-state index >= 15 is 0 Å². The molecule has 0 spiro atoms. The highest BCUT2D eigenvalue weighted by Crippen LogP contribution is 2.08. The summed E-state index contributed by atoms with van der Waals surface area (Å²) < 4.78 is 0. The smallest absolute Gasteiger partial charge is 0.0912 e. The van der Waals surface area contributed by atoms with Gasteiger partial charge in [0.25, 0.3) is 0 Å². The van der Waals surface area contributed by atoms with Crippen LogP contribution in [0.3, 0.4) is 0 Å². The molecule has 0 saturated carbocycles. The molecule has 1 atom stereocenters. The van der Waals surface area contributed by atoms with Crippen LogP contribution >= 0.6 is 0 Å². The molecule has 0 radical (unpaired) electrons. The van der Waals surface area contributed by atoms with Crippen LogP contribution in [0.25, 0.3) is 0 Å². The number of hydrogen-bond acceptors (Lipinski definition) is 2. The minimum atomic E-state index is -0.513. The Balaban J connectivity index is 2.75. The van der Waals surface area contributed by atoms with E-state index in [4.69, 9.17) is 5.73 Å². The zero-order valence-corrected chi connectivity index (χ0v) is 5.70. The van der Waals surface area contributed by atoms with Crippen LogP contribution in [0, 0.1) is 0 Å². The molecule has 1 aromatic rings. The van der Waals surface area contributed by atoms with Gasteiger partial charge in [-0.1, -0.05) is 30.3 Å². The molecule has 2 heteroatoms. The first-order valence-corrected chi connectivity index (χ1v) is 3.27. The quantitative estimate of drug-likeness (QED) is 0.632. The van der Waals surface area contributed by atoms with Crippen molar-refractivity contribution in [2.45, 2.75) is 6.10 Å². The van der Waals surface area contributed by atoms with Crippen LogP contribution < -0.4 is 5.73 Å². The molecule has 0 aliphatic carbocycles. The molecule has 1 rings (SSSR count). The van der Waals surface area contributed by atoms with Crippen molar-refractivity contribution in [2.75, 3.05) is 6.54 Å². The van der Waals surface area contributed by atoms with Crippen LogP contribution in [0.2, 0.25) is 0 Å². The third-order valence-corrected chi connectivity index (χ3v) is 1.41. The first kappa shape index (κ1) is 7.25. The van der Waals surface area contributed by atoms with Gasteiger partial charge in [-0.15, -0.1) is 0 Å². The highest BCUT2D eigenvalue weighted by molar-refractivity contribution is 5.17. The van der Waals surface area contributed by atoms with Gasteiger partial charge in [-0.25, -0.2) is 0 Å². The maximum absolute atomic E-state index is 9.20. The van der Waals surface area contributed by atoms with Crippen molar-refractivity contribution in [3.8, 4) is 0 Å². The first-order valence-electron chi connectivity index (χ1n) is 3.27. The third-order valence-electron chi connectivity index (χ3n) is 1.41. The summed E-state index contributed by atoms with van der Waals surface area (Å²) in [4.78, 5) is 0. The second-order valence-electron chi connectivity index (χ2n) is 2.16. The summed E-state index contributed by atoms with van der Waals surface area (Å²) in [6.45, 7) is 0.282. The average Bonchev–Trinajstić information content (AvgIpc) is 2.05. The number of nitrogens with two attached hydrogens (primary N) is 1. The molecule has 0 aliphatic rings. The molecule has 0 bridgehead atoms. The predicted molar refractivity (Wildman–Crippen MR) is 40.5 cm³/mol. The fourth-order valence-electron chi connectivity index (χ4n) is 0.811. The molecule has 0 amide bonds. The Morgan fingerprint density at radius 2 is 1.90 bits per heavy atom. The Morgan fingerprint density at radius 3 is 2.40 bits per heavy atom. The molecule has 10 heavy (non-hydrogen) atoms. The molecule has 0 saturated heterocycles. The summed E-state index contributed by atoms with van der Waals surface area (Å²) in [5.74, 6) is 0. The van der Waals surface area contributed by atoms with E-state index in [1.807, 2.05) is 30.3 Å². The lowest BCUT2D eigenvalue weighted by molar-refractivity contribution is 0.187. The first-order chi connectivity index (χ1) is 4.84. The Morgan fingerprint density at radius 1 is 1.30 bits per heavy atom. The molecule has 0 aliphatic heterocycles. The van der Waals surface area contributed by atoms with Crippen molar-refractivity contribution in [3.63, 3.8) is 0 Å². The predicted octanol–water partition coefficient (Wildman–Crippen LogP) is 0.679. The largest absolute Gasteiger partial charge is 0.387 e. The second kappa shape index (κ2) is 3.34. The lowest BCUT2D eigenvalue weighted by Gasteiger charge is -2.05. The molecular weight excluding hydrogens is 128 g/mol. The molecule has 1 aromatic carbocycles. The Kier molecular flexibility index (Phi) is 2.42. The number of hydrogen-bond donors (Lipinski definition) is 2. The number of rotatable bonds is 2. The fraction of sp³-hybridized carbons (Fsp3) is 0.250. The lowest BCUT2D eigenvalue weighted by atomic mass is 10.3.